The standard InChI is InChI=1S/C17H24O2/c1-2-13-8-6-7-11-15(13)16(12-17(18)19)14-9-4-3-5-10-14/h6-8,11,14,16H,2-5,9-10,12H2,1H3,(H,18,19). The normalized spacial score (nSPS) is 18.2. The summed E-state index contributed by atoms with van der Waals surface area (Å²) in [5.41, 5.74) is 2.60. The summed E-state index contributed by atoms with van der Waals surface area (Å²) in [7, 11) is 0. The molecule has 1 aromatic carbocycles. The first-order chi connectivity index (χ1) is 9.22. The molecule has 0 bridgehead atoms. The number of benzene rings is 1. The van der Waals surface area contributed by atoms with Gasteiger partial charge in [0.05, 0.1) is 6.42 Å². The lowest BCUT2D eigenvalue weighted by Gasteiger charge is -2.31. The molecule has 1 aliphatic rings. The summed E-state index contributed by atoms with van der Waals surface area (Å²) in [4.78, 5) is 11.2. The quantitative estimate of drug-likeness (QED) is 0.852. The smallest absolute Gasteiger partial charge is 0.303 e. The number of aliphatic carboxylic acids is 1. The number of carboxylic acid groups (broad SMARTS) is 1. The average molecular weight is 260 g/mol. The maximum Gasteiger partial charge on any atom is 0.303 e. The second-order valence-corrected chi connectivity index (χ2v) is 5.65. The van der Waals surface area contributed by atoms with Gasteiger partial charge in [-0.1, -0.05) is 50.5 Å². The number of aryl methyl sites for hydroxylation is 1. The first-order valence-electron chi connectivity index (χ1n) is 7.52. The largest absolute Gasteiger partial charge is 0.481 e. The zero-order chi connectivity index (χ0) is 13.7. The van der Waals surface area contributed by atoms with Gasteiger partial charge in [0.15, 0.2) is 0 Å². The van der Waals surface area contributed by atoms with Crippen molar-refractivity contribution in [2.75, 3.05) is 0 Å². The predicted molar refractivity (Wildman–Crippen MR) is 77.4 cm³/mol. The van der Waals surface area contributed by atoms with Gasteiger partial charge in [0, 0.05) is 0 Å². The van der Waals surface area contributed by atoms with Crippen molar-refractivity contribution in [2.45, 2.75) is 57.8 Å². The third-order valence-corrected chi connectivity index (χ3v) is 4.45. The molecule has 0 radical (unpaired) electrons. The lowest BCUT2D eigenvalue weighted by molar-refractivity contribution is -0.137. The lowest BCUT2D eigenvalue weighted by Crippen LogP contribution is -2.20. The first-order valence-corrected chi connectivity index (χ1v) is 7.52. The van der Waals surface area contributed by atoms with Gasteiger partial charge < -0.3 is 5.11 Å². The van der Waals surface area contributed by atoms with Crippen LogP contribution in [0.2, 0.25) is 0 Å². The SMILES string of the molecule is CCc1ccccc1C(CC(=O)O)C1CCCCC1. The highest BCUT2D eigenvalue weighted by Gasteiger charge is 2.28. The number of carboxylic acids is 1. The topological polar surface area (TPSA) is 37.3 Å². The maximum atomic E-state index is 11.2. The van der Waals surface area contributed by atoms with E-state index in [-0.39, 0.29) is 12.3 Å². The van der Waals surface area contributed by atoms with Crippen molar-refractivity contribution in [1.29, 1.82) is 0 Å². The van der Waals surface area contributed by atoms with Gasteiger partial charge in [0.25, 0.3) is 0 Å². The van der Waals surface area contributed by atoms with Crippen LogP contribution in [0, 0.1) is 5.92 Å². The van der Waals surface area contributed by atoms with Crippen LogP contribution in [0.25, 0.3) is 0 Å². The number of carbonyl (C=O) groups is 1. The summed E-state index contributed by atoms with van der Waals surface area (Å²) < 4.78 is 0. The third kappa shape index (κ3) is 3.59. The average Bonchev–Trinajstić information content (AvgIpc) is 2.45. The molecule has 104 valence electrons. The first kappa shape index (κ1) is 14.1. The monoisotopic (exact) mass is 260 g/mol. The van der Waals surface area contributed by atoms with Crippen molar-refractivity contribution in [3.8, 4) is 0 Å². The van der Waals surface area contributed by atoms with Gasteiger partial charge in [-0.3, -0.25) is 4.79 Å². The Morgan fingerprint density at radius 3 is 2.58 bits per heavy atom. The van der Waals surface area contributed by atoms with Crippen LogP contribution in [0.5, 0.6) is 0 Å². The molecular weight excluding hydrogens is 236 g/mol. The number of rotatable bonds is 5. The van der Waals surface area contributed by atoms with Crippen LogP contribution < -0.4 is 0 Å². The fourth-order valence-electron chi connectivity index (χ4n) is 3.47. The molecule has 1 saturated carbocycles. The van der Waals surface area contributed by atoms with E-state index in [1.54, 1.807) is 0 Å². The molecule has 2 heteroatoms. The highest BCUT2D eigenvalue weighted by Crippen LogP contribution is 2.39. The molecule has 1 aromatic rings. The van der Waals surface area contributed by atoms with E-state index in [4.69, 9.17) is 0 Å². The summed E-state index contributed by atoms with van der Waals surface area (Å²) in [5, 5.41) is 9.24. The highest BCUT2D eigenvalue weighted by molar-refractivity contribution is 5.68. The van der Waals surface area contributed by atoms with Crippen molar-refractivity contribution in [3.63, 3.8) is 0 Å². The molecule has 1 unspecified atom stereocenters. The number of hydrogen-bond donors (Lipinski definition) is 1. The molecule has 0 spiro atoms. The molecule has 1 atom stereocenters. The van der Waals surface area contributed by atoms with E-state index in [1.165, 1.54) is 43.2 Å². The Balaban J connectivity index is 2.27. The molecule has 1 fully saturated rings. The van der Waals surface area contributed by atoms with Gasteiger partial charge in [0.1, 0.15) is 0 Å². The van der Waals surface area contributed by atoms with Gasteiger partial charge in [-0.2, -0.15) is 0 Å². The Hall–Kier alpha value is -1.31. The fraction of sp³-hybridized carbons (Fsp3) is 0.588. The summed E-state index contributed by atoms with van der Waals surface area (Å²) in [6.45, 7) is 2.15. The minimum Gasteiger partial charge on any atom is -0.481 e. The minimum absolute atomic E-state index is 0.203. The summed E-state index contributed by atoms with van der Waals surface area (Å²) in [6.07, 6.45) is 7.47. The fourth-order valence-corrected chi connectivity index (χ4v) is 3.47. The van der Waals surface area contributed by atoms with Crippen LogP contribution >= 0.6 is 0 Å². The summed E-state index contributed by atoms with van der Waals surface area (Å²) in [5.74, 6) is 0.0907. The summed E-state index contributed by atoms with van der Waals surface area (Å²) >= 11 is 0. The van der Waals surface area contributed by atoms with Gasteiger partial charge >= 0.3 is 5.97 Å². The summed E-state index contributed by atoms with van der Waals surface area (Å²) in [6, 6.07) is 8.39. The molecule has 1 aliphatic carbocycles. The maximum absolute atomic E-state index is 11.2. The van der Waals surface area contributed by atoms with Crippen molar-refractivity contribution in [1.82, 2.24) is 0 Å². The van der Waals surface area contributed by atoms with Gasteiger partial charge in [0.2, 0.25) is 0 Å². The van der Waals surface area contributed by atoms with E-state index in [0.29, 0.717) is 5.92 Å². The van der Waals surface area contributed by atoms with E-state index in [0.717, 1.165) is 6.42 Å². The van der Waals surface area contributed by atoms with Crippen LogP contribution in [0.15, 0.2) is 24.3 Å². The molecule has 1 N–H and O–H groups in total. The third-order valence-electron chi connectivity index (χ3n) is 4.45. The predicted octanol–water partition coefficient (Wildman–Crippen LogP) is 4.39. The van der Waals surface area contributed by atoms with Gasteiger partial charge in [-0.15, -0.1) is 0 Å². The van der Waals surface area contributed by atoms with Crippen LogP contribution in [-0.4, -0.2) is 11.1 Å². The van der Waals surface area contributed by atoms with Crippen molar-refractivity contribution in [3.05, 3.63) is 35.4 Å². The molecule has 2 nitrogen and oxygen atoms in total. The second-order valence-electron chi connectivity index (χ2n) is 5.65. The van der Waals surface area contributed by atoms with Crippen molar-refractivity contribution < 1.29 is 9.90 Å². The van der Waals surface area contributed by atoms with Crippen LogP contribution in [0.3, 0.4) is 0 Å². The molecular formula is C17H24O2. The Labute approximate surface area is 115 Å². The highest BCUT2D eigenvalue weighted by atomic mass is 16.4. The Morgan fingerprint density at radius 1 is 1.26 bits per heavy atom. The molecule has 0 amide bonds. The van der Waals surface area contributed by atoms with Gasteiger partial charge in [-0.25, -0.2) is 0 Å². The van der Waals surface area contributed by atoms with E-state index in [9.17, 15) is 9.90 Å². The lowest BCUT2D eigenvalue weighted by atomic mass is 9.74. The number of hydrogen-bond acceptors (Lipinski definition) is 1. The molecule has 0 saturated heterocycles. The van der Waals surface area contributed by atoms with Crippen molar-refractivity contribution in [2.24, 2.45) is 5.92 Å². The molecule has 0 aromatic heterocycles. The molecule has 0 aliphatic heterocycles. The molecule has 19 heavy (non-hydrogen) atoms. The zero-order valence-electron chi connectivity index (χ0n) is 11.8. The molecule has 2 rings (SSSR count). The minimum atomic E-state index is -0.665. The second kappa shape index (κ2) is 6.74. The van der Waals surface area contributed by atoms with Crippen LogP contribution in [0.4, 0.5) is 0 Å². The Kier molecular flexibility index (Phi) is 5.00. The van der Waals surface area contributed by atoms with E-state index in [2.05, 4.69) is 25.1 Å². The Morgan fingerprint density at radius 2 is 1.95 bits per heavy atom. The van der Waals surface area contributed by atoms with Crippen molar-refractivity contribution >= 4 is 5.97 Å². The Bertz CT molecular complexity index is 419. The van der Waals surface area contributed by atoms with E-state index in [1.807, 2.05) is 6.07 Å². The van der Waals surface area contributed by atoms with E-state index < -0.39 is 5.97 Å². The van der Waals surface area contributed by atoms with Crippen LogP contribution in [-0.2, 0) is 11.2 Å². The molecule has 0 heterocycles. The van der Waals surface area contributed by atoms with Crippen LogP contribution in [0.1, 0.15) is 62.5 Å². The van der Waals surface area contributed by atoms with Gasteiger partial charge in [-0.05, 0) is 42.2 Å². The van der Waals surface area contributed by atoms with E-state index >= 15 is 0 Å². The zero-order valence-corrected chi connectivity index (χ0v) is 11.8.